The van der Waals surface area contributed by atoms with Crippen molar-refractivity contribution in [1.82, 2.24) is 0 Å². The van der Waals surface area contributed by atoms with E-state index in [0.29, 0.717) is 12.8 Å². The molecule has 88 heavy (non-hydrogen) atoms. The molecule has 8 aliphatic rings. The standard InChI is InChI=1S/C86H122O2/c1-21-25-27-29-31-33-42-62-44-35-37-46-70(62)84(48-39-49-87,71-47-38-36-45-63(71)43-34-32-30-28-26-22-2)85(76-50-58(5)66(54-72(76)80(9,10)11)64(40-23-3)67-55-73(81(12,13)14)77(85)51-59(67)6)86(88)78-52-60(7)68(56-74(78)82(15,16)17)65(41-24-4)69-57-75(83(18,19)20)79(86)53-61(69)8/h35-38,44-47,50-57,64-65,87-88H,21-34,39-43,48-49H2,1-20H3. The van der Waals surface area contributed by atoms with Gasteiger partial charge in [0.15, 0.2) is 0 Å². The summed E-state index contributed by atoms with van der Waals surface area (Å²) in [6, 6.07) is 40.4. The van der Waals surface area contributed by atoms with Crippen LogP contribution in [0.2, 0.25) is 0 Å². The van der Waals surface area contributed by atoms with Crippen LogP contribution in [0.4, 0.5) is 0 Å². The number of unbranched alkanes of at least 4 members (excludes halogenated alkanes) is 10. The van der Waals surface area contributed by atoms with Gasteiger partial charge >= 0.3 is 0 Å². The van der Waals surface area contributed by atoms with Gasteiger partial charge < -0.3 is 10.2 Å². The molecule has 0 saturated carbocycles. The quantitative estimate of drug-likeness (QED) is 0.0561. The Balaban J connectivity index is 1.85. The fourth-order valence-electron chi connectivity index (χ4n) is 17.3. The first-order chi connectivity index (χ1) is 41.5. The van der Waals surface area contributed by atoms with Crippen LogP contribution in [-0.4, -0.2) is 16.8 Å². The van der Waals surface area contributed by atoms with Crippen molar-refractivity contribution in [2.45, 2.75) is 317 Å². The van der Waals surface area contributed by atoms with Gasteiger partial charge in [0.1, 0.15) is 5.60 Å². The Morgan fingerprint density at radius 1 is 0.364 bits per heavy atom. The predicted octanol–water partition coefficient (Wildman–Crippen LogP) is 23.4. The van der Waals surface area contributed by atoms with E-state index in [2.05, 4.69) is 236 Å². The summed E-state index contributed by atoms with van der Waals surface area (Å²) in [5.74, 6) is 0.383. The molecule has 0 aromatic heterocycles. The van der Waals surface area contributed by atoms with Crippen molar-refractivity contribution in [2.75, 3.05) is 6.61 Å². The van der Waals surface area contributed by atoms with Gasteiger partial charge in [-0.3, -0.25) is 0 Å². The molecule has 6 aromatic rings. The summed E-state index contributed by atoms with van der Waals surface area (Å²) in [6.45, 7) is 48.3. The van der Waals surface area contributed by atoms with Crippen molar-refractivity contribution in [1.29, 1.82) is 0 Å². The Morgan fingerprint density at radius 2 is 0.670 bits per heavy atom. The number of aryl methyl sites for hydroxylation is 6. The zero-order valence-electron chi connectivity index (χ0n) is 59.6. The molecule has 0 saturated heterocycles. The van der Waals surface area contributed by atoms with Crippen molar-refractivity contribution in [3.05, 3.63) is 208 Å². The van der Waals surface area contributed by atoms with Crippen molar-refractivity contribution < 1.29 is 10.2 Å². The van der Waals surface area contributed by atoms with Crippen LogP contribution in [0.1, 0.15) is 349 Å². The molecule has 0 amide bonds. The number of hydrogen-bond acceptors (Lipinski definition) is 2. The minimum atomic E-state index is -1.83. The van der Waals surface area contributed by atoms with Crippen LogP contribution in [0.15, 0.2) is 97.1 Å². The molecular weight excluding hydrogens is 1060 g/mol. The smallest absolute Gasteiger partial charge is 0.130 e. The van der Waals surface area contributed by atoms with Gasteiger partial charge in [-0.25, -0.2) is 0 Å². The van der Waals surface area contributed by atoms with Gasteiger partial charge in [0.25, 0.3) is 0 Å². The monoisotopic (exact) mass is 1190 g/mol. The average Bonchev–Trinajstić information content (AvgIpc) is 0.656. The fraction of sp³-hybridized carbons (Fsp3) is 0.581. The number of aliphatic hydroxyl groups excluding tert-OH is 1. The summed E-state index contributed by atoms with van der Waals surface area (Å²) in [7, 11) is 0. The Bertz CT molecular complexity index is 3140. The van der Waals surface area contributed by atoms with Crippen LogP contribution in [0.3, 0.4) is 0 Å². The van der Waals surface area contributed by atoms with Gasteiger partial charge in [-0.2, -0.15) is 0 Å². The van der Waals surface area contributed by atoms with Gasteiger partial charge in [-0.15, -0.1) is 0 Å². The highest BCUT2D eigenvalue weighted by Gasteiger charge is 2.70. The lowest BCUT2D eigenvalue weighted by molar-refractivity contribution is -0.0297. The molecule has 8 bridgehead atoms. The van der Waals surface area contributed by atoms with Crippen LogP contribution < -0.4 is 0 Å². The largest absolute Gasteiger partial charge is 0.396 e. The lowest BCUT2D eigenvalue weighted by Gasteiger charge is -2.64. The number of aliphatic hydroxyl groups is 2. The van der Waals surface area contributed by atoms with E-state index in [1.54, 1.807) is 0 Å². The van der Waals surface area contributed by atoms with Crippen LogP contribution in [-0.2, 0) is 50.9 Å². The summed E-state index contributed by atoms with van der Waals surface area (Å²) in [6.07, 6.45) is 21.6. The third kappa shape index (κ3) is 12.8. The second-order valence-electron chi connectivity index (χ2n) is 32.2. The molecule has 478 valence electrons. The van der Waals surface area contributed by atoms with Gasteiger partial charge in [0, 0.05) is 23.9 Å². The maximum Gasteiger partial charge on any atom is 0.130 e. The molecule has 6 aromatic carbocycles. The van der Waals surface area contributed by atoms with E-state index >= 15 is 5.11 Å². The second-order valence-corrected chi connectivity index (χ2v) is 32.2. The lowest BCUT2D eigenvalue weighted by Crippen LogP contribution is -2.66. The summed E-state index contributed by atoms with van der Waals surface area (Å²) in [5, 5.41) is 30.0. The molecule has 0 fully saturated rings. The van der Waals surface area contributed by atoms with E-state index in [-0.39, 0.29) is 18.4 Å². The minimum absolute atomic E-state index is 0.0171. The summed E-state index contributed by atoms with van der Waals surface area (Å²) < 4.78 is 0. The van der Waals surface area contributed by atoms with E-state index in [0.717, 1.165) is 62.5 Å². The molecule has 14 rings (SSSR count). The molecule has 2 heteroatoms. The summed E-state index contributed by atoms with van der Waals surface area (Å²) in [4.78, 5) is 0. The number of benzene rings is 6. The third-order valence-electron chi connectivity index (χ3n) is 21.5. The molecule has 0 aliphatic heterocycles. The summed E-state index contributed by atoms with van der Waals surface area (Å²) in [5.41, 5.74) is 19.5. The molecule has 0 atom stereocenters. The maximum absolute atomic E-state index is 17.8. The van der Waals surface area contributed by atoms with Crippen LogP contribution in [0.25, 0.3) is 0 Å². The van der Waals surface area contributed by atoms with E-state index in [1.165, 1.54) is 164 Å². The molecule has 0 heterocycles. The Hall–Kier alpha value is -4.76. The first-order valence-corrected chi connectivity index (χ1v) is 35.7. The minimum Gasteiger partial charge on any atom is -0.396 e. The maximum atomic E-state index is 17.8. The lowest BCUT2D eigenvalue weighted by atomic mass is 9.39. The van der Waals surface area contributed by atoms with Gasteiger partial charge in [0.2, 0.25) is 0 Å². The first-order valence-electron chi connectivity index (χ1n) is 35.7. The highest BCUT2D eigenvalue weighted by atomic mass is 16.3. The van der Waals surface area contributed by atoms with E-state index in [1.807, 2.05) is 0 Å². The third-order valence-corrected chi connectivity index (χ3v) is 21.5. The van der Waals surface area contributed by atoms with Crippen molar-refractivity contribution in [2.24, 2.45) is 0 Å². The van der Waals surface area contributed by atoms with Crippen LogP contribution in [0, 0.1) is 27.7 Å². The Kier molecular flexibility index (Phi) is 21.7. The van der Waals surface area contributed by atoms with Crippen molar-refractivity contribution in [3.63, 3.8) is 0 Å². The molecular formula is C86H122O2. The van der Waals surface area contributed by atoms with Crippen LogP contribution in [0.5, 0.6) is 0 Å². The highest BCUT2D eigenvalue weighted by molar-refractivity contribution is 5.73. The van der Waals surface area contributed by atoms with E-state index in [4.69, 9.17) is 0 Å². The topological polar surface area (TPSA) is 40.5 Å². The second kappa shape index (κ2) is 27.6. The van der Waals surface area contributed by atoms with Gasteiger partial charge in [0.05, 0.1) is 5.41 Å². The predicted molar refractivity (Wildman–Crippen MR) is 381 cm³/mol. The molecule has 2 nitrogen and oxygen atoms in total. The normalized spacial score (nSPS) is 18.7. The van der Waals surface area contributed by atoms with Crippen molar-refractivity contribution >= 4 is 0 Å². The average molecular weight is 1190 g/mol. The number of rotatable bonds is 25. The number of hydrogen-bond donors (Lipinski definition) is 2. The SMILES string of the molecule is CCCCCCCCc1ccccc1C(CCCO)(c1ccccc1CCCCCCCC)C1(C2(O)c3cc(C)c(cc3C(C)(C)C)C(CCC)c3cc(C(C)(C)C)c2cc3C)c2cc(C)c(cc2C(C)(C)C)C(CCC)c2cc(C(C)(C)C)c1cc2C. The first kappa shape index (κ1) is 69.1. The van der Waals surface area contributed by atoms with Gasteiger partial charge in [-0.05, 0) is 212 Å². The zero-order valence-corrected chi connectivity index (χ0v) is 59.6. The summed E-state index contributed by atoms with van der Waals surface area (Å²) >= 11 is 0. The molecule has 2 N–H and O–H groups in total. The molecule has 0 spiro atoms. The van der Waals surface area contributed by atoms with Gasteiger partial charge in [-0.1, -0.05) is 285 Å². The van der Waals surface area contributed by atoms with Crippen LogP contribution >= 0.6 is 0 Å². The van der Waals surface area contributed by atoms with Crippen molar-refractivity contribution in [3.8, 4) is 0 Å². The molecule has 8 aliphatic carbocycles. The Labute approximate surface area is 539 Å². The fourth-order valence-corrected chi connectivity index (χ4v) is 17.3. The molecule has 0 unspecified atom stereocenters. The Morgan fingerprint density at radius 3 is 0.989 bits per heavy atom. The van der Waals surface area contributed by atoms with E-state index < -0.39 is 38.1 Å². The van der Waals surface area contributed by atoms with E-state index in [9.17, 15) is 5.11 Å². The highest BCUT2D eigenvalue weighted by Crippen LogP contribution is 2.70. The molecule has 0 radical (unpaired) electrons. The zero-order chi connectivity index (χ0) is 64.4.